The Hall–Kier alpha value is -2.94. The van der Waals surface area contributed by atoms with E-state index in [9.17, 15) is 13.2 Å². The monoisotopic (exact) mass is 479 g/mol. The minimum Gasteiger partial charge on any atom is -0.268 e. The van der Waals surface area contributed by atoms with Gasteiger partial charge in [0.15, 0.2) is 5.16 Å². The molecule has 0 amide bonds. The topological polar surface area (TPSA) is 72.3 Å². The average molecular weight is 480 g/mol. The van der Waals surface area contributed by atoms with Crippen LogP contribution in [0.1, 0.15) is 16.7 Å². The van der Waals surface area contributed by atoms with E-state index in [0.29, 0.717) is 21.8 Å². The van der Waals surface area contributed by atoms with Crippen molar-refractivity contribution in [3.05, 3.63) is 93.8 Å². The SMILES string of the molecule is Cc1cccc(-n2c(SCc3cccc(S(=O)(=O)N(C)C)c3)nc3ccccc3c2=O)c1C. The van der Waals surface area contributed by atoms with Crippen molar-refractivity contribution < 1.29 is 8.42 Å². The molecule has 0 fully saturated rings. The lowest BCUT2D eigenvalue weighted by atomic mass is 10.1. The van der Waals surface area contributed by atoms with Crippen LogP contribution in [0.15, 0.2) is 81.6 Å². The van der Waals surface area contributed by atoms with Crippen LogP contribution < -0.4 is 5.56 Å². The summed E-state index contributed by atoms with van der Waals surface area (Å²) < 4.78 is 27.9. The van der Waals surface area contributed by atoms with E-state index < -0.39 is 10.0 Å². The Morgan fingerprint density at radius 2 is 1.70 bits per heavy atom. The highest BCUT2D eigenvalue weighted by molar-refractivity contribution is 7.98. The molecule has 0 N–H and O–H groups in total. The van der Waals surface area contributed by atoms with Crippen LogP contribution in [-0.4, -0.2) is 36.4 Å². The first-order chi connectivity index (χ1) is 15.7. The number of aryl methyl sites for hydroxylation is 1. The molecule has 0 aliphatic carbocycles. The van der Waals surface area contributed by atoms with Crippen LogP contribution in [0.3, 0.4) is 0 Å². The fraction of sp³-hybridized carbons (Fsp3) is 0.200. The van der Waals surface area contributed by atoms with Gasteiger partial charge in [0.05, 0.1) is 21.5 Å². The number of benzene rings is 3. The van der Waals surface area contributed by atoms with Gasteiger partial charge in [-0.25, -0.2) is 17.7 Å². The number of aromatic nitrogens is 2. The molecule has 0 unspecified atom stereocenters. The van der Waals surface area contributed by atoms with Crippen LogP contribution in [0.25, 0.3) is 16.6 Å². The molecule has 6 nitrogen and oxygen atoms in total. The first-order valence-corrected chi connectivity index (χ1v) is 12.9. The van der Waals surface area contributed by atoms with Gasteiger partial charge in [-0.05, 0) is 60.9 Å². The van der Waals surface area contributed by atoms with Gasteiger partial charge in [0.1, 0.15) is 0 Å². The van der Waals surface area contributed by atoms with Gasteiger partial charge in [-0.2, -0.15) is 0 Å². The highest BCUT2D eigenvalue weighted by Gasteiger charge is 2.18. The highest BCUT2D eigenvalue weighted by Crippen LogP contribution is 2.27. The van der Waals surface area contributed by atoms with E-state index in [1.165, 1.54) is 30.2 Å². The third-order valence-corrected chi connectivity index (χ3v) is 8.43. The molecule has 33 heavy (non-hydrogen) atoms. The molecule has 4 rings (SSSR count). The second-order valence-electron chi connectivity index (χ2n) is 7.99. The maximum absolute atomic E-state index is 13.5. The predicted octanol–water partition coefficient (Wildman–Crippen LogP) is 4.55. The maximum Gasteiger partial charge on any atom is 0.266 e. The number of thioether (sulfide) groups is 1. The molecule has 0 saturated carbocycles. The molecule has 0 radical (unpaired) electrons. The van der Waals surface area contributed by atoms with Crippen molar-refractivity contribution in [1.82, 2.24) is 13.9 Å². The van der Waals surface area contributed by atoms with Gasteiger partial charge in [0.25, 0.3) is 5.56 Å². The number of hydrogen-bond acceptors (Lipinski definition) is 5. The summed E-state index contributed by atoms with van der Waals surface area (Å²) in [6, 6.07) is 20.1. The van der Waals surface area contributed by atoms with Crippen LogP contribution in [0.2, 0.25) is 0 Å². The van der Waals surface area contributed by atoms with Crippen molar-refractivity contribution in [3.8, 4) is 5.69 Å². The molecule has 1 heterocycles. The number of sulfonamides is 1. The predicted molar refractivity (Wildman–Crippen MR) is 134 cm³/mol. The Balaban J connectivity index is 1.80. The molecular weight excluding hydrogens is 454 g/mol. The van der Waals surface area contributed by atoms with Crippen LogP contribution in [-0.2, 0) is 15.8 Å². The third kappa shape index (κ3) is 4.46. The third-order valence-electron chi connectivity index (χ3n) is 5.61. The zero-order valence-electron chi connectivity index (χ0n) is 18.9. The fourth-order valence-electron chi connectivity index (χ4n) is 3.55. The Labute approximate surface area is 198 Å². The number of fused-ring (bicyclic) bond motifs is 1. The van der Waals surface area contributed by atoms with Crippen molar-refractivity contribution in [2.75, 3.05) is 14.1 Å². The molecule has 0 bridgehead atoms. The van der Waals surface area contributed by atoms with Crippen molar-refractivity contribution in [1.29, 1.82) is 0 Å². The van der Waals surface area contributed by atoms with E-state index in [0.717, 1.165) is 22.4 Å². The number of para-hydroxylation sites is 1. The molecule has 0 spiro atoms. The first kappa shape index (κ1) is 23.2. The molecule has 0 atom stereocenters. The molecule has 0 saturated heterocycles. The van der Waals surface area contributed by atoms with Crippen molar-refractivity contribution >= 4 is 32.7 Å². The molecule has 4 aromatic rings. The Bertz CT molecular complexity index is 1510. The lowest BCUT2D eigenvalue weighted by Gasteiger charge is -2.16. The molecule has 1 aromatic heterocycles. The van der Waals surface area contributed by atoms with Gasteiger partial charge >= 0.3 is 0 Å². The average Bonchev–Trinajstić information content (AvgIpc) is 2.80. The Kier molecular flexibility index (Phi) is 6.43. The number of nitrogens with zero attached hydrogens (tertiary/aromatic N) is 3. The van der Waals surface area contributed by atoms with Crippen molar-refractivity contribution in [2.24, 2.45) is 0 Å². The summed E-state index contributed by atoms with van der Waals surface area (Å²) in [4.78, 5) is 18.5. The second kappa shape index (κ2) is 9.13. The van der Waals surface area contributed by atoms with Gasteiger partial charge in [0.2, 0.25) is 10.0 Å². The normalized spacial score (nSPS) is 11.9. The van der Waals surface area contributed by atoms with Crippen molar-refractivity contribution in [3.63, 3.8) is 0 Å². The minimum atomic E-state index is -3.53. The quantitative estimate of drug-likeness (QED) is 0.300. The van der Waals surface area contributed by atoms with Gasteiger partial charge in [0, 0.05) is 19.8 Å². The standard InChI is InChI=1S/C25H25N3O3S2/c1-17-9-7-14-23(18(17)2)28-24(29)21-12-5-6-13-22(21)26-25(28)32-16-19-10-8-11-20(15-19)33(30,31)27(3)4/h5-15H,16H2,1-4H3. The van der Waals surface area contributed by atoms with Gasteiger partial charge in [-0.15, -0.1) is 0 Å². The van der Waals surface area contributed by atoms with Gasteiger partial charge < -0.3 is 0 Å². The summed E-state index contributed by atoms with van der Waals surface area (Å²) in [5.41, 5.74) is 4.24. The molecule has 0 aliphatic rings. The Morgan fingerprint density at radius 3 is 2.45 bits per heavy atom. The minimum absolute atomic E-state index is 0.124. The Morgan fingerprint density at radius 1 is 0.970 bits per heavy atom. The lowest BCUT2D eigenvalue weighted by Crippen LogP contribution is -2.23. The molecule has 8 heteroatoms. The molecule has 0 aliphatic heterocycles. The molecular formula is C25H25N3O3S2. The number of hydrogen-bond donors (Lipinski definition) is 0. The maximum atomic E-state index is 13.5. The smallest absolute Gasteiger partial charge is 0.266 e. The zero-order valence-corrected chi connectivity index (χ0v) is 20.6. The molecule has 170 valence electrons. The molecule has 3 aromatic carbocycles. The fourth-order valence-corrected chi connectivity index (χ4v) is 5.47. The van der Waals surface area contributed by atoms with E-state index >= 15 is 0 Å². The van der Waals surface area contributed by atoms with Crippen LogP contribution in [0.4, 0.5) is 0 Å². The van der Waals surface area contributed by atoms with E-state index in [2.05, 4.69) is 0 Å². The summed E-state index contributed by atoms with van der Waals surface area (Å²) in [6.07, 6.45) is 0. The van der Waals surface area contributed by atoms with Gasteiger partial charge in [-0.3, -0.25) is 9.36 Å². The van der Waals surface area contributed by atoms with Gasteiger partial charge in [-0.1, -0.05) is 48.2 Å². The second-order valence-corrected chi connectivity index (χ2v) is 11.1. The lowest BCUT2D eigenvalue weighted by molar-refractivity contribution is 0.520. The summed E-state index contributed by atoms with van der Waals surface area (Å²) in [6.45, 7) is 4.01. The van der Waals surface area contributed by atoms with E-state index in [-0.39, 0.29) is 10.5 Å². The first-order valence-electron chi connectivity index (χ1n) is 10.4. The highest BCUT2D eigenvalue weighted by atomic mass is 32.2. The van der Waals surface area contributed by atoms with Crippen molar-refractivity contribution in [2.45, 2.75) is 29.7 Å². The summed E-state index contributed by atoms with van der Waals surface area (Å²) in [7, 11) is -0.501. The summed E-state index contributed by atoms with van der Waals surface area (Å²) >= 11 is 1.41. The van der Waals surface area contributed by atoms with Crippen LogP contribution >= 0.6 is 11.8 Å². The van der Waals surface area contributed by atoms with Crippen LogP contribution in [0.5, 0.6) is 0 Å². The largest absolute Gasteiger partial charge is 0.268 e. The zero-order chi connectivity index (χ0) is 23.8. The van der Waals surface area contributed by atoms with E-state index in [1.807, 2.05) is 56.3 Å². The van der Waals surface area contributed by atoms with E-state index in [4.69, 9.17) is 4.98 Å². The number of rotatable bonds is 6. The summed E-state index contributed by atoms with van der Waals surface area (Å²) in [5, 5.41) is 1.12. The van der Waals surface area contributed by atoms with Crippen LogP contribution in [0, 0.1) is 13.8 Å². The summed E-state index contributed by atoms with van der Waals surface area (Å²) in [5.74, 6) is 0.465. The van der Waals surface area contributed by atoms with E-state index in [1.54, 1.807) is 28.8 Å².